The number of nitrogen functional groups attached to an aromatic ring is 1. The third kappa shape index (κ3) is 4.53. The Hall–Kier alpha value is -5.56. The molecule has 0 aliphatic carbocycles. The van der Waals surface area contributed by atoms with Crippen molar-refractivity contribution in [3.05, 3.63) is 112 Å². The molecule has 0 unspecified atom stereocenters. The van der Waals surface area contributed by atoms with Gasteiger partial charge in [0.1, 0.15) is 35.4 Å². The van der Waals surface area contributed by atoms with Crippen molar-refractivity contribution in [2.24, 2.45) is 5.73 Å². The van der Waals surface area contributed by atoms with Crippen molar-refractivity contribution in [2.75, 3.05) is 11.1 Å². The molecule has 0 aliphatic rings. The third-order valence-corrected chi connectivity index (χ3v) is 6.44. The van der Waals surface area contributed by atoms with Gasteiger partial charge in [0, 0.05) is 17.3 Å². The van der Waals surface area contributed by atoms with Crippen molar-refractivity contribution >= 4 is 23.1 Å². The minimum Gasteiger partial charge on any atom is -0.382 e. The van der Waals surface area contributed by atoms with Crippen LogP contribution < -0.4 is 22.3 Å². The monoisotopic (exact) mass is 519 g/mol. The molecule has 5 N–H and O–H groups in total. The highest BCUT2D eigenvalue weighted by atomic mass is 19.1. The number of benzene rings is 2. The van der Waals surface area contributed by atoms with Crippen LogP contribution in [0.5, 0.6) is 0 Å². The van der Waals surface area contributed by atoms with Crippen molar-refractivity contribution in [2.45, 2.75) is 13.0 Å². The molecule has 1 atom stereocenters. The Morgan fingerprint density at radius 3 is 2.38 bits per heavy atom. The van der Waals surface area contributed by atoms with Crippen LogP contribution in [0.15, 0.2) is 84.0 Å². The topological polar surface area (TPSA) is 152 Å². The van der Waals surface area contributed by atoms with Crippen molar-refractivity contribution < 1.29 is 9.18 Å². The molecule has 0 spiro atoms. The first kappa shape index (κ1) is 25.1. The van der Waals surface area contributed by atoms with Gasteiger partial charge in [0.2, 0.25) is 5.91 Å². The Bertz CT molecular complexity index is 1830. The van der Waals surface area contributed by atoms with E-state index in [9.17, 15) is 19.2 Å². The number of anilines is 2. The lowest BCUT2D eigenvalue weighted by molar-refractivity contribution is 0.100. The van der Waals surface area contributed by atoms with Crippen molar-refractivity contribution in [1.29, 1.82) is 5.26 Å². The maximum Gasteiger partial charge on any atom is 0.263 e. The van der Waals surface area contributed by atoms with Crippen LogP contribution in [0.3, 0.4) is 0 Å². The summed E-state index contributed by atoms with van der Waals surface area (Å²) in [5.41, 5.74) is 14.5. The van der Waals surface area contributed by atoms with Gasteiger partial charge in [-0.2, -0.15) is 5.26 Å². The Morgan fingerprint density at radius 2 is 1.72 bits per heavy atom. The number of aromatic nitrogens is 3. The molecule has 192 valence electrons. The van der Waals surface area contributed by atoms with Gasteiger partial charge in [0.05, 0.1) is 17.1 Å². The number of amides is 1. The van der Waals surface area contributed by atoms with Crippen LogP contribution in [0.1, 0.15) is 34.5 Å². The van der Waals surface area contributed by atoms with Gasteiger partial charge >= 0.3 is 0 Å². The number of nitrogens with two attached hydrogens (primary N) is 2. The van der Waals surface area contributed by atoms with E-state index in [0.717, 1.165) is 6.20 Å². The summed E-state index contributed by atoms with van der Waals surface area (Å²) in [5, 5.41) is 12.9. The summed E-state index contributed by atoms with van der Waals surface area (Å²) in [7, 11) is 0. The molecule has 10 heteroatoms. The third-order valence-electron chi connectivity index (χ3n) is 6.44. The second-order valence-electron chi connectivity index (χ2n) is 8.84. The van der Waals surface area contributed by atoms with Crippen LogP contribution in [-0.4, -0.2) is 20.3 Å². The number of nitriles is 1. The zero-order valence-corrected chi connectivity index (χ0v) is 20.7. The molecular formula is C29H22FN7O2. The fraction of sp³-hybridized carbons (Fsp3) is 0.0690. The zero-order valence-electron chi connectivity index (χ0n) is 20.7. The van der Waals surface area contributed by atoms with Gasteiger partial charge in [-0.05, 0) is 47.9 Å². The lowest BCUT2D eigenvalue weighted by atomic mass is 9.88. The molecule has 5 rings (SSSR count). The van der Waals surface area contributed by atoms with Crippen molar-refractivity contribution in [3.8, 4) is 28.3 Å². The van der Waals surface area contributed by atoms with Gasteiger partial charge in [0.25, 0.3) is 5.56 Å². The summed E-state index contributed by atoms with van der Waals surface area (Å²) in [6, 6.07) is 19.9. The molecular weight excluding hydrogens is 497 g/mol. The van der Waals surface area contributed by atoms with E-state index in [1.165, 1.54) is 22.9 Å². The van der Waals surface area contributed by atoms with Crippen molar-refractivity contribution in [1.82, 2.24) is 14.4 Å². The molecule has 2 aromatic carbocycles. The lowest BCUT2D eigenvalue weighted by Crippen LogP contribution is -2.23. The van der Waals surface area contributed by atoms with E-state index in [1.807, 2.05) is 19.1 Å². The molecule has 3 heterocycles. The number of hydrogen-bond acceptors (Lipinski definition) is 7. The van der Waals surface area contributed by atoms with E-state index in [-0.39, 0.29) is 17.2 Å². The number of primary amides is 1. The number of nitrogens with zero attached hydrogens (tertiary/aromatic N) is 4. The summed E-state index contributed by atoms with van der Waals surface area (Å²) < 4.78 is 15.7. The van der Waals surface area contributed by atoms with E-state index in [2.05, 4.69) is 15.3 Å². The molecule has 0 aliphatic heterocycles. The van der Waals surface area contributed by atoms with Gasteiger partial charge in [-0.1, -0.05) is 42.5 Å². The standard InChI is InChI=1S/C29H22FN7O2/c1-16(36-28-21(13-31)26(32)34-15-35-28)23-24(18-7-9-19(10-8-18)27(33)38)22-12-11-20(30)14-37(22)29(39)25(23)17-5-3-2-4-6-17/h2-12,14-16H,1H3,(H2,33,38)(H3,32,34,35,36)/t16-/m0/s1. The van der Waals surface area contributed by atoms with Crippen LogP contribution in [0.2, 0.25) is 0 Å². The minimum atomic E-state index is -0.602. The highest BCUT2D eigenvalue weighted by molar-refractivity contribution is 5.95. The molecule has 3 aromatic heterocycles. The highest BCUT2D eigenvalue weighted by Crippen LogP contribution is 2.39. The predicted octanol–water partition coefficient (Wildman–Crippen LogP) is 4.29. The van der Waals surface area contributed by atoms with Gasteiger partial charge in [-0.25, -0.2) is 14.4 Å². The fourth-order valence-corrected chi connectivity index (χ4v) is 4.66. The van der Waals surface area contributed by atoms with Gasteiger partial charge in [-0.15, -0.1) is 0 Å². The van der Waals surface area contributed by atoms with Crippen LogP contribution in [0, 0.1) is 17.1 Å². The lowest BCUT2D eigenvalue weighted by Gasteiger charge is -2.25. The zero-order chi connectivity index (χ0) is 27.7. The van der Waals surface area contributed by atoms with Gasteiger partial charge in [0.15, 0.2) is 0 Å². The van der Waals surface area contributed by atoms with Gasteiger partial charge in [-0.3, -0.25) is 14.0 Å². The summed E-state index contributed by atoms with van der Waals surface area (Å²) in [6.07, 6.45) is 2.39. The molecule has 0 fully saturated rings. The van der Waals surface area contributed by atoms with Crippen LogP contribution in [0.4, 0.5) is 16.0 Å². The summed E-state index contributed by atoms with van der Waals surface area (Å²) >= 11 is 0. The average Bonchev–Trinajstić information content (AvgIpc) is 2.94. The van der Waals surface area contributed by atoms with Crippen LogP contribution in [0.25, 0.3) is 27.8 Å². The number of fused-ring (bicyclic) bond motifs is 1. The Kier molecular flexibility index (Phi) is 6.48. The van der Waals surface area contributed by atoms with Gasteiger partial charge < -0.3 is 16.8 Å². The van der Waals surface area contributed by atoms with Crippen molar-refractivity contribution in [3.63, 3.8) is 0 Å². The smallest absolute Gasteiger partial charge is 0.263 e. The molecule has 5 aromatic rings. The molecule has 0 radical (unpaired) electrons. The normalized spacial score (nSPS) is 11.6. The largest absolute Gasteiger partial charge is 0.382 e. The first-order valence-electron chi connectivity index (χ1n) is 11.9. The Morgan fingerprint density at radius 1 is 1.03 bits per heavy atom. The maximum absolute atomic E-state index is 14.4. The second-order valence-corrected chi connectivity index (χ2v) is 8.84. The molecule has 39 heavy (non-hydrogen) atoms. The quantitative estimate of drug-likeness (QED) is 0.303. The number of carbonyl (C=O) groups is 1. The summed E-state index contributed by atoms with van der Waals surface area (Å²) in [6.45, 7) is 1.82. The van der Waals surface area contributed by atoms with E-state index >= 15 is 0 Å². The SMILES string of the molecule is C[C@H](Nc1ncnc(N)c1C#N)c1c(-c2ccccc2)c(=O)n2cc(F)ccc2c1-c1ccc(C(N)=O)cc1. The molecule has 0 saturated carbocycles. The number of pyridine rings is 2. The Labute approximate surface area is 222 Å². The van der Waals surface area contributed by atoms with E-state index < -0.39 is 23.3 Å². The molecule has 0 saturated heterocycles. The number of nitrogens with one attached hydrogen (secondary N) is 1. The second kappa shape index (κ2) is 10.1. The highest BCUT2D eigenvalue weighted by Gasteiger charge is 2.26. The number of halogens is 1. The Balaban J connectivity index is 1.87. The minimum absolute atomic E-state index is 0.0156. The molecule has 9 nitrogen and oxygen atoms in total. The first-order chi connectivity index (χ1) is 18.8. The first-order valence-corrected chi connectivity index (χ1v) is 11.9. The fourth-order valence-electron chi connectivity index (χ4n) is 4.66. The predicted molar refractivity (Wildman–Crippen MR) is 146 cm³/mol. The van der Waals surface area contributed by atoms with E-state index in [4.69, 9.17) is 11.5 Å². The van der Waals surface area contributed by atoms with E-state index in [0.29, 0.717) is 38.9 Å². The average molecular weight is 520 g/mol. The summed E-state index contributed by atoms with van der Waals surface area (Å²) in [4.78, 5) is 33.8. The number of rotatable bonds is 6. The number of hydrogen-bond donors (Lipinski definition) is 3. The maximum atomic E-state index is 14.4. The number of carbonyl (C=O) groups excluding carboxylic acids is 1. The summed E-state index contributed by atoms with van der Waals surface area (Å²) in [5.74, 6) is -0.941. The van der Waals surface area contributed by atoms with E-state index in [1.54, 1.807) is 48.5 Å². The van der Waals surface area contributed by atoms with Crippen LogP contribution in [-0.2, 0) is 0 Å². The molecule has 1 amide bonds. The van der Waals surface area contributed by atoms with Crippen LogP contribution >= 0.6 is 0 Å². The molecule has 0 bridgehead atoms.